The molecule has 32 heavy (non-hydrogen) atoms. The van der Waals surface area contributed by atoms with E-state index in [1.54, 1.807) is 29.2 Å². The highest BCUT2D eigenvalue weighted by Crippen LogP contribution is 2.15. The smallest absolute Gasteiger partial charge is 0.289 e. The third-order valence-electron chi connectivity index (χ3n) is 5.51. The molecule has 1 aliphatic rings. The number of furan rings is 2. The van der Waals surface area contributed by atoms with Crippen LogP contribution in [0.1, 0.15) is 39.5 Å². The van der Waals surface area contributed by atoms with Gasteiger partial charge in [-0.1, -0.05) is 30.3 Å². The maximum atomic E-state index is 13.1. The van der Waals surface area contributed by atoms with E-state index in [0.29, 0.717) is 38.1 Å². The summed E-state index contributed by atoms with van der Waals surface area (Å²) in [7, 11) is 0. The standard InChI is InChI=1S/C24H25N3O5/c28-22(25-18-10-12-27(13-11-18)24(30)21-9-5-15-32-21)19(16-17-6-2-1-3-7-17)26-23(29)20-8-4-14-31-20/h1-9,14-15,18-19H,10-13,16H2,(H,25,28)(H,26,29). The molecule has 8 heteroatoms. The van der Waals surface area contributed by atoms with Crippen LogP contribution in [0.2, 0.25) is 0 Å². The summed E-state index contributed by atoms with van der Waals surface area (Å²) in [5, 5.41) is 5.82. The Kier molecular flexibility index (Phi) is 6.69. The predicted octanol–water partition coefficient (Wildman–Crippen LogP) is 2.63. The van der Waals surface area contributed by atoms with E-state index < -0.39 is 11.9 Å². The van der Waals surface area contributed by atoms with Crippen molar-refractivity contribution < 1.29 is 23.2 Å². The molecule has 2 aromatic heterocycles. The van der Waals surface area contributed by atoms with Crippen LogP contribution in [0.25, 0.3) is 0 Å². The molecule has 1 atom stereocenters. The Morgan fingerprint density at radius 3 is 2.19 bits per heavy atom. The number of likely N-dealkylation sites (tertiary alicyclic amines) is 1. The molecule has 0 aliphatic carbocycles. The van der Waals surface area contributed by atoms with Crippen molar-refractivity contribution in [3.05, 3.63) is 84.2 Å². The molecule has 1 fully saturated rings. The maximum Gasteiger partial charge on any atom is 0.289 e. The summed E-state index contributed by atoms with van der Waals surface area (Å²) in [5.74, 6) is -0.376. The molecule has 0 spiro atoms. The number of benzene rings is 1. The van der Waals surface area contributed by atoms with Gasteiger partial charge in [0.1, 0.15) is 6.04 Å². The number of carbonyl (C=O) groups is 3. The van der Waals surface area contributed by atoms with Crippen molar-refractivity contribution in [3.8, 4) is 0 Å². The second-order valence-corrected chi connectivity index (χ2v) is 7.75. The molecule has 1 unspecified atom stereocenters. The van der Waals surface area contributed by atoms with E-state index in [1.807, 2.05) is 30.3 Å². The van der Waals surface area contributed by atoms with Crippen LogP contribution in [-0.4, -0.2) is 47.8 Å². The number of piperidine rings is 1. The molecule has 0 radical (unpaired) electrons. The van der Waals surface area contributed by atoms with Gasteiger partial charge in [-0.3, -0.25) is 14.4 Å². The largest absolute Gasteiger partial charge is 0.459 e. The Hall–Kier alpha value is -3.81. The van der Waals surface area contributed by atoms with Gasteiger partial charge in [-0.05, 0) is 42.7 Å². The number of rotatable bonds is 7. The van der Waals surface area contributed by atoms with Gasteiger partial charge in [0.05, 0.1) is 12.5 Å². The van der Waals surface area contributed by atoms with Gasteiger partial charge >= 0.3 is 0 Å². The monoisotopic (exact) mass is 435 g/mol. The number of amides is 3. The Labute approximate surface area is 185 Å². The lowest BCUT2D eigenvalue weighted by molar-refractivity contribution is -0.123. The minimum atomic E-state index is -0.752. The van der Waals surface area contributed by atoms with Crippen LogP contribution in [0.4, 0.5) is 0 Å². The van der Waals surface area contributed by atoms with E-state index in [0.717, 1.165) is 5.56 Å². The average molecular weight is 435 g/mol. The highest BCUT2D eigenvalue weighted by Gasteiger charge is 2.29. The van der Waals surface area contributed by atoms with Gasteiger partial charge in [0, 0.05) is 25.6 Å². The van der Waals surface area contributed by atoms with Gasteiger partial charge in [0.15, 0.2) is 11.5 Å². The molecule has 1 aliphatic heterocycles. The van der Waals surface area contributed by atoms with Crippen LogP contribution >= 0.6 is 0 Å². The van der Waals surface area contributed by atoms with Crippen LogP contribution in [-0.2, 0) is 11.2 Å². The van der Waals surface area contributed by atoms with E-state index in [1.165, 1.54) is 12.5 Å². The lowest BCUT2D eigenvalue weighted by atomic mass is 10.0. The Morgan fingerprint density at radius 2 is 1.56 bits per heavy atom. The lowest BCUT2D eigenvalue weighted by Crippen LogP contribution is -2.53. The van der Waals surface area contributed by atoms with E-state index in [9.17, 15) is 14.4 Å². The number of nitrogens with one attached hydrogen (secondary N) is 2. The first-order valence-electron chi connectivity index (χ1n) is 10.6. The van der Waals surface area contributed by atoms with Crippen molar-refractivity contribution in [2.45, 2.75) is 31.3 Å². The first kappa shape index (κ1) is 21.4. The van der Waals surface area contributed by atoms with Crippen molar-refractivity contribution in [3.63, 3.8) is 0 Å². The molecule has 3 aromatic rings. The van der Waals surface area contributed by atoms with Crippen LogP contribution in [0.3, 0.4) is 0 Å². The molecule has 1 saturated heterocycles. The molecule has 3 heterocycles. The second-order valence-electron chi connectivity index (χ2n) is 7.75. The Morgan fingerprint density at radius 1 is 0.906 bits per heavy atom. The number of nitrogens with zero attached hydrogens (tertiary/aromatic N) is 1. The fourth-order valence-electron chi connectivity index (χ4n) is 3.78. The molecule has 3 amide bonds. The SMILES string of the molecule is O=C(NC(Cc1ccccc1)C(=O)NC1CCN(C(=O)c2ccco2)CC1)c1ccco1. The number of hydrogen-bond donors (Lipinski definition) is 2. The van der Waals surface area contributed by atoms with E-state index in [4.69, 9.17) is 8.83 Å². The second kappa shape index (κ2) is 10.00. The molecule has 2 N–H and O–H groups in total. The zero-order chi connectivity index (χ0) is 22.3. The maximum absolute atomic E-state index is 13.1. The Bertz CT molecular complexity index is 1020. The van der Waals surface area contributed by atoms with E-state index in [2.05, 4.69) is 10.6 Å². The van der Waals surface area contributed by atoms with E-state index in [-0.39, 0.29) is 23.6 Å². The summed E-state index contributed by atoms with van der Waals surface area (Å²) in [4.78, 5) is 39.7. The fraction of sp³-hybridized carbons (Fsp3) is 0.292. The van der Waals surface area contributed by atoms with Crippen molar-refractivity contribution in [2.75, 3.05) is 13.1 Å². The molecule has 0 bridgehead atoms. The zero-order valence-corrected chi connectivity index (χ0v) is 17.5. The van der Waals surface area contributed by atoms with Gasteiger partial charge in [-0.25, -0.2) is 0 Å². The van der Waals surface area contributed by atoms with Gasteiger partial charge in [0.25, 0.3) is 11.8 Å². The van der Waals surface area contributed by atoms with Crippen LogP contribution in [0.5, 0.6) is 0 Å². The molecule has 4 rings (SSSR count). The number of hydrogen-bond acceptors (Lipinski definition) is 5. The van der Waals surface area contributed by atoms with Gasteiger partial charge in [-0.2, -0.15) is 0 Å². The lowest BCUT2D eigenvalue weighted by Gasteiger charge is -2.32. The molecular weight excluding hydrogens is 410 g/mol. The van der Waals surface area contributed by atoms with Gasteiger partial charge in [0.2, 0.25) is 5.91 Å². The van der Waals surface area contributed by atoms with Crippen molar-refractivity contribution in [2.24, 2.45) is 0 Å². The van der Waals surface area contributed by atoms with E-state index >= 15 is 0 Å². The minimum Gasteiger partial charge on any atom is -0.459 e. The fourth-order valence-corrected chi connectivity index (χ4v) is 3.78. The first-order valence-corrected chi connectivity index (χ1v) is 10.6. The summed E-state index contributed by atoms with van der Waals surface area (Å²) in [6.07, 6.45) is 4.50. The van der Waals surface area contributed by atoms with Crippen molar-refractivity contribution >= 4 is 17.7 Å². The van der Waals surface area contributed by atoms with Crippen LogP contribution in [0.15, 0.2) is 76.0 Å². The summed E-state index contributed by atoms with van der Waals surface area (Å²) in [6, 6.07) is 15.2. The van der Waals surface area contributed by atoms with Crippen LogP contribution < -0.4 is 10.6 Å². The third-order valence-corrected chi connectivity index (χ3v) is 5.51. The van der Waals surface area contributed by atoms with Gasteiger partial charge in [-0.15, -0.1) is 0 Å². The highest BCUT2D eigenvalue weighted by atomic mass is 16.3. The first-order chi connectivity index (χ1) is 15.6. The normalized spacial score (nSPS) is 15.2. The molecular formula is C24H25N3O5. The van der Waals surface area contributed by atoms with Gasteiger partial charge < -0.3 is 24.4 Å². The molecule has 166 valence electrons. The molecule has 1 aromatic carbocycles. The predicted molar refractivity (Wildman–Crippen MR) is 116 cm³/mol. The third kappa shape index (κ3) is 5.26. The average Bonchev–Trinajstić information content (AvgIpc) is 3.54. The van der Waals surface area contributed by atoms with Crippen molar-refractivity contribution in [1.82, 2.24) is 15.5 Å². The highest BCUT2D eigenvalue weighted by molar-refractivity contribution is 5.95. The summed E-state index contributed by atoms with van der Waals surface area (Å²) in [5.41, 5.74) is 0.936. The Balaban J connectivity index is 1.36. The summed E-state index contributed by atoms with van der Waals surface area (Å²) >= 11 is 0. The zero-order valence-electron chi connectivity index (χ0n) is 17.5. The molecule has 8 nitrogen and oxygen atoms in total. The molecule has 0 saturated carbocycles. The summed E-state index contributed by atoms with van der Waals surface area (Å²) < 4.78 is 10.3. The quantitative estimate of drug-likeness (QED) is 0.594. The summed E-state index contributed by atoms with van der Waals surface area (Å²) in [6.45, 7) is 1.04. The topological polar surface area (TPSA) is 105 Å². The van der Waals surface area contributed by atoms with Crippen LogP contribution in [0, 0.1) is 0 Å². The number of carbonyl (C=O) groups excluding carboxylic acids is 3. The van der Waals surface area contributed by atoms with Crippen molar-refractivity contribution in [1.29, 1.82) is 0 Å². The minimum absolute atomic E-state index is 0.0815.